The van der Waals surface area contributed by atoms with Gasteiger partial charge < -0.3 is 13.5 Å². The lowest BCUT2D eigenvalue weighted by Gasteiger charge is -2.11. The van der Waals surface area contributed by atoms with Crippen LogP contribution in [0.3, 0.4) is 0 Å². The van der Waals surface area contributed by atoms with Crippen molar-refractivity contribution in [1.29, 1.82) is 0 Å². The van der Waals surface area contributed by atoms with Gasteiger partial charge in [-0.15, -0.1) is 0 Å². The maximum atomic E-state index is 12.8. The van der Waals surface area contributed by atoms with Gasteiger partial charge in [-0.1, -0.05) is 48.0 Å². The summed E-state index contributed by atoms with van der Waals surface area (Å²) in [6.07, 6.45) is 1.62. The quantitative estimate of drug-likeness (QED) is 0.373. The first-order valence-electron chi connectivity index (χ1n) is 8.20. The SMILES string of the molecule is COP(=O)(OC)c1nc(-c2ccccc2)oc1N/N=C\c1ccc(C)cc1. The van der Waals surface area contributed by atoms with E-state index in [-0.39, 0.29) is 17.2 Å². The molecule has 0 amide bonds. The Morgan fingerprint density at radius 3 is 2.37 bits per heavy atom. The number of benzene rings is 2. The first-order valence-corrected chi connectivity index (χ1v) is 9.74. The fourth-order valence-corrected chi connectivity index (χ4v) is 3.39. The zero-order valence-electron chi connectivity index (χ0n) is 15.2. The summed E-state index contributed by atoms with van der Waals surface area (Å²) in [5.41, 5.74) is 5.57. The number of hydrazone groups is 1. The van der Waals surface area contributed by atoms with Crippen molar-refractivity contribution in [2.75, 3.05) is 19.6 Å². The summed E-state index contributed by atoms with van der Waals surface area (Å²) in [5, 5.41) is 4.15. The molecule has 0 fully saturated rings. The molecular weight excluding hydrogens is 365 g/mol. The average Bonchev–Trinajstić information content (AvgIpc) is 3.14. The Hall–Kier alpha value is -2.73. The lowest BCUT2D eigenvalue weighted by Crippen LogP contribution is -2.13. The molecule has 0 radical (unpaired) electrons. The molecule has 140 valence electrons. The van der Waals surface area contributed by atoms with Crippen molar-refractivity contribution in [3.8, 4) is 11.5 Å². The predicted molar refractivity (Wildman–Crippen MR) is 106 cm³/mol. The minimum atomic E-state index is -3.63. The molecule has 3 aromatic rings. The van der Waals surface area contributed by atoms with Crippen molar-refractivity contribution >= 4 is 25.1 Å². The average molecular weight is 385 g/mol. The van der Waals surface area contributed by atoms with E-state index in [4.69, 9.17) is 13.5 Å². The second-order valence-corrected chi connectivity index (χ2v) is 7.83. The molecule has 0 saturated heterocycles. The van der Waals surface area contributed by atoms with Crippen LogP contribution in [0.4, 0.5) is 5.88 Å². The Labute approximate surface area is 157 Å². The van der Waals surface area contributed by atoms with Gasteiger partial charge in [0.2, 0.25) is 17.2 Å². The van der Waals surface area contributed by atoms with Crippen LogP contribution < -0.4 is 10.9 Å². The van der Waals surface area contributed by atoms with E-state index in [1.165, 1.54) is 14.2 Å². The summed E-state index contributed by atoms with van der Waals surface area (Å²) in [6.45, 7) is 2.01. The third-order valence-corrected chi connectivity index (χ3v) is 5.61. The number of oxazole rings is 1. The van der Waals surface area contributed by atoms with Crippen molar-refractivity contribution < 1.29 is 18.0 Å². The van der Waals surface area contributed by atoms with Crippen molar-refractivity contribution in [2.24, 2.45) is 5.10 Å². The lowest BCUT2D eigenvalue weighted by molar-refractivity contribution is 0.286. The molecule has 0 aliphatic heterocycles. The summed E-state index contributed by atoms with van der Waals surface area (Å²) in [4.78, 5) is 4.32. The molecule has 0 bridgehead atoms. The van der Waals surface area contributed by atoms with Gasteiger partial charge in [0, 0.05) is 19.8 Å². The van der Waals surface area contributed by atoms with E-state index in [2.05, 4.69) is 15.5 Å². The van der Waals surface area contributed by atoms with Crippen molar-refractivity contribution in [3.05, 3.63) is 65.7 Å². The van der Waals surface area contributed by atoms with Crippen LogP contribution in [-0.4, -0.2) is 25.4 Å². The molecule has 1 heterocycles. The number of nitrogens with one attached hydrogen (secondary N) is 1. The molecule has 0 aliphatic carbocycles. The number of anilines is 1. The molecule has 8 heteroatoms. The van der Waals surface area contributed by atoms with Crippen LogP contribution in [0.25, 0.3) is 11.5 Å². The van der Waals surface area contributed by atoms with E-state index in [0.717, 1.165) is 16.7 Å². The van der Waals surface area contributed by atoms with Crippen LogP contribution in [0.15, 0.2) is 64.1 Å². The van der Waals surface area contributed by atoms with E-state index in [9.17, 15) is 4.57 Å². The third-order valence-electron chi connectivity index (χ3n) is 3.83. The zero-order valence-corrected chi connectivity index (χ0v) is 16.1. The highest BCUT2D eigenvalue weighted by molar-refractivity contribution is 7.62. The van der Waals surface area contributed by atoms with Crippen LogP contribution in [0.1, 0.15) is 11.1 Å². The van der Waals surface area contributed by atoms with Crippen molar-refractivity contribution in [2.45, 2.75) is 6.92 Å². The van der Waals surface area contributed by atoms with Gasteiger partial charge >= 0.3 is 7.60 Å². The highest BCUT2D eigenvalue weighted by Crippen LogP contribution is 2.47. The Morgan fingerprint density at radius 2 is 1.74 bits per heavy atom. The van der Waals surface area contributed by atoms with Gasteiger partial charge in [0.1, 0.15) is 0 Å². The predicted octanol–water partition coefficient (Wildman–Crippen LogP) is 4.21. The molecule has 0 unspecified atom stereocenters. The Kier molecular flexibility index (Phi) is 5.86. The highest BCUT2D eigenvalue weighted by Gasteiger charge is 2.34. The van der Waals surface area contributed by atoms with Crippen molar-refractivity contribution in [1.82, 2.24) is 4.98 Å². The molecule has 0 spiro atoms. The maximum Gasteiger partial charge on any atom is 0.384 e. The smallest absolute Gasteiger partial charge is 0.384 e. The number of hydrogen-bond donors (Lipinski definition) is 1. The Morgan fingerprint density at radius 1 is 1.07 bits per heavy atom. The third kappa shape index (κ3) is 4.34. The van der Waals surface area contributed by atoms with E-state index in [0.29, 0.717) is 0 Å². The number of rotatable bonds is 7. The normalized spacial score (nSPS) is 11.8. The maximum absolute atomic E-state index is 12.8. The van der Waals surface area contributed by atoms with Gasteiger partial charge in [0.25, 0.3) is 0 Å². The summed E-state index contributed by atoms with van der Waals surface area (Å²) >= 11 is 0. The fraction of sp³-hybridized carbons (Fsp3) is 0.158. The van der Waals surface area contributed by atoms with E-state index in [1.807, 2.05) is 61.5 Å². The lowest BCUT2D eigenvalue weighted by atomic mass is 10.2. The van der Waals surface area contributed by atoms with Gasteiger partial charge in [0.15, 0.2) is 0 Å². The zero-order chi connectivity index (χ0) is 19.3. The minimum Gasteiger partial charge on any atom is -0.418 e. The highest BCUT2D eigenvalue weighted by atomic mass is 31.2. The molecule has 7 nitrogen and oxygen atoms in total. The molecule has 0 aliphatic rings. The van der Waals surface area contributed by atoms with Crippen LogP contribution in [0.2, 0.25) is 0 Å². The minimum absolute atomic E-state index is 0.0346. The molecular formula is C19H20N3O4P. The number of aryl methyl sites for hydroxylation is 1. The number of hydrogen-bond acceptors (Lipinski definition) is 7. The van der Waals surface area contributed by atoms with Gasteiger partial charge in [-0.2, -0.15) is 10.1 Å². The topological polar surface area (TPSA) is 86.0 Å². The summed E-state index contributed by atoms with van der Waals surface area (Å²) in [5.74, 6) is 0.386. The fourth-order valence-electron chi connectivity index (χ4n) is 2.34. The monoisotopic (exact) mass is 385 g/mol. The van der Waals surface area contributed by atoms with Crippen LogP contribution in [0, 0.1) is 6.92 Å². The molecule has 0 saturated carbocycles. The van der Waals surface area contributed by atoms with E-state index in [1.54, 1.807) is 6.21 Å². The molecule has 3 rings (SSSR count). The van der Waals surface area contributed by atoms with Gasteiger partial charge in [-0.25, -0.2) is 5.43 Å². The standard InChI is InChI=1S/C19H20N3O4P/c1-14-9-11-15(12-10-14)13-20-22-18-19(27(23,24-2)25-3)21-17(26-18)16-7-5-4-6-8-16/h4-13,22H,1-3H3/b20-13-. The van der Waals surface area contributed by atoms with Gasteiger partial charge in [0.05, 0.1) is 6.21 Å². The summed E-state index contributed by atoms with van der Waals surface area (Å²) in [7, 11) is -1.05. The first kappa shape index (κ1) is 19.0. The van der Waals surface area contributed by atoms with Crippen molar-refractivity contribution in [3.63, 3.8) is 0 Å². The first-order chi connectivity index (χ1) is 13.1. The number of nitrogens with zero attached hydrogens (tertiary/aromatic N) is 2. The molecule has 2 aromatic carbocycles. The Bertz CT molecular complexity index is 960. The molecule has 1 N–H and O–H groups in total. The van der Waals surface area contributed by atoms with E-state index < -0.39 is 7.60 Å². The van der Waals surface area contributed by atoms with Gasteiger partial charge in [-0.3, -0.25) is 4.57 Å². The molecule has 1 aromatic heterocycles. The number of aromatic nitrogens is 1. The molecule has 0 atom stereocenters. The largest absolute Gasteiger partial charge is 0.418 e. The second kappa shape index (κ2) is 8.31. The second-order valence-electron chi connectivity index (χ2n) is 5.68. The van der Waals surface area contributed by atoms with Crippen LogP contribution >= 0.6 is 7.60 Å². The van der Waals surface area contributed by atoms with Gasteiger partial charge in [-0.05, 0) is 24.6 Å². The van der Waals surface area contributed by atoms with Crippen LogP contribution in [-0.2, 0) is 13.6 Å². The van der Waals surface area contributed by atoms with Crippen LogP contribution in [0.5, 0.6) is 0 Å². The Balaban J connectivity index is 1.93. The van der Waals surface area contributed by atoms with E-state index >= 15 is 0 Å². The summed E-state index contributed by atoms with van der Waals surface area (Å²) < 4.78 is 28.7. The molecule has 27 heavy (non-hydrogen) atoms. The summed E-state index contributed by atoms with van der Waals surface area (Å²) in [6, 6.07) is 17.1.